The normalized spacial score (nSPS) is 27.9. The zero-order chi connectivity index (χ0) is 9.90. The van der Waals surface area contributed by atoms with Crippen LogP contribution in [-0.2, 0) is 0 Å². The summed E-state index contributed by atoms with van der Waals surface area (Å²) in [5, 5.41) is 3.68. The highest BCUT2D eigenvalue weighted by molar-refractivity contribution is 4.83. The second kappa shape index (κ2) is 4.45. The summed E-state index contributed by atoms with van der Waals surface area (Å²) in [5.74, 6) is 0.782. The molecule has 0 unspecified atom stereocenters. The summed E-state index contributed by atoms with van der Waals surface area (Å²) >= 11 is 0. The van der Waals surface area contributed by atoms with E-state index in [1.54, 1.807) is 0 Å². The first-order chi connectivity index (χ1) is 5.99. The minimum atomic E-state index is 0.576. The van der Waals surface area contributed by atoms with Gasteiger partial charge in [0.1, 0.15) is 0 Å². The molecule has 1 aliphatic carbocycles. The maximum absolute atomic E-state index is 3.68. The Balaban J connectivity index is 2.26. The monoisotopic (exact) mass is 183 g/mol. The smallest absolute Gasteiger partial charge is 0.00722 e. The molecule has 0 aromatic carbocycles. The minimum Gasteiger partial charge on any atom is -0.314 e. The molecule has 0 saturated heterocycles. The molecule has 0 aromatic rings. The average molecular weight is 183 g/mol. The summed E-state index contributed by atoms with van der Waals surface area (Å²) < 4.78 is 0. The van der Waals surface area contributed by atoms with Gasteiger partial charge in [0.15, 0.2) is 0 Å². The summed E-state index contributed by atoms with van der Waals surface area (Å²) in [6.07, 6.45) is 5.56. The quantitative estimate of drug-likeness (QED) is 0.708. The number of hydrogen-bond acceptors (Lipinski definition) is 1. The molecule has 1 heteroatoms. The number of nitrogens with one attached hydrogen (secondary N) is 1. The summed E-state index contributed by atoms with van der Waals surface area (Å²) in [4.78, 5) is 0. The van der Waals surface area contributed by atoms with E-state index >= 15 is 0 Å². The first kappa shape index (κ1) is 11.0. The molecule has 1 rings (SSSR count). The number of rotatable bonds is 3. The molecule has 1 N–H and O–H groups in total. The second-order valence-electron chi connectivity index (χ2n) is 5.76. The Bertz CT molecular complexity index is 149. The zero-order valence-electron chi connectivity index (χ0n) is 9.69. The van der Waals surface area contributed by atoms with E-state index in [1.165, 1.54) is 32.2 Å². The van der Waals surface area contributed by atoms with Gasteiger partial charge in [-0.2, -0.15) is 0 Å². The van der Waals surface area contributed by atoms with Gasteiger partial charge in [0.25, 0.3) is 0 Å². The summed E-state index contributed by atoms with van der Waals surface area (Å²) in [6, 6.07) is 0.783. The van der Waals surface area contributed by atoms with E-state index in [0.29, 0.717) is 5.41 Å². The van der Waals surface area contributed by atoms with Crippen molar-refractivity contribution in [2.45, 2.75) is 59.4 Å². The van der Waals surface area contributed by atoms with Crippen LogP contribution in [-0.4, -0.2) is 12.6 Å². The van der Waals surface area contributed by atoms with Gasteiger partial charge in [0, 0.05) is 6.04 Å². The molecule has 0 aromatic heterocycles. The molecule has 1 saturated carbocycles. The summed E-state index contributed by atoms with van der Waals surface area (Å²) in [6.45, 7) is 10.5. The average Bonchev–Trinajstić information content (AvgIpc) is 1.99. The lowest BCUT2D eigenvalue weighted by molar-refractivity contribution is 0.196. The number of hydrogen-bond donors (Lipinski definition) is 1. The lowest BCUT2D eigenvalue weighted by atomic mass is 9.75. The Kier molecular flexibility index (Phi) is 3.78. The van der Waals surface area contributed by atoms with Crippen molar-refractivity contribution in [1.29, 1.82) is 0 Å². The van der Waals surface area contributed by atoms with Crippen molar-refractivity contribution < 1.29 is 0 Å². The lowest BCUT2D eigenvalue weighted by Gasteiger charge is -2.36. The molecule has 78 valence electrons. The van der Waals surface area contributed by atoms with Crippen molar-refractivity contribution in [1.82, 2.24) is 5.32 Å². The highest BCUT2D eigenvalue weighted by Gasteiger charge is 2.27. The molecule has 0 radical (unpaired) electrons. The van der Waals surface area contributed by atoms with Gasteiger partial charge in [-0.25, -0.2) is 0 Å². The third-order valence-electron chi connectivity index (χ3n) is 3.02. The largest absolute Gasteiger partial charge is 0.314 e. The molecular formula is C12H25N. The van der Waals surface area contributed by atoms with Gasteiger partial charge in [-0.05, 0) is 37.1 Å². The standard InChI is InChI=1S/C12H25N/c1-10(2)9-13-11-6-5-7-12(3,4)8-11/h10-11,13H,5-9H2,1-4H3/t11-/m0/s1. The van der Waals surface area contributed by atoms with Crippen LogP contribution in [0.5, 0.6) is 0 Å². The predicted octanol–water partition coefficient (Wildman–Crippen LogP) is 3.20. The van der Waals surface area contributed by atoms with Gasteiger partial charge in [-0.1, -0.05) is 34.1 Å². The SMILES string of the molecule is CC(C)CN[C@H]1CCCC(C)(C)C1. The maximum Gasteiger partial charge on any atom is 0.00722 e. The Morgan fingerprint density at radius 2 is 2.08 bits per heavy atom. The molecule has 0 aliphatic heterocycles. The zero-order valence-corrected chi connectivity index (χ0v) is 9.69. The van der Waals surface area contributed by atoms with E-state index in [1.807, 2.05) is 0 Å². The van der Waals surface area contributed by atoms with Crippen LogP contribution < -0.4 is 5.32 Å². The Labute approximate surface area is 83.3 Å². The molecule has 0 amide bonds. The lowest BCUT2D eigenvalue weighted by Crippen LogP contribution is -2.38. The third-order valence-corrected chi connectivity index (χ3v) is 3.02. The molecule has 1 atom stereocenters. The van der Waals surface area contributed by atoms with Crippen LogP contribution in [0.4, 0.5) is 0 Å². The fourth-order valence-corrected chi connectivity index (χ4v) is 2.27. The van der Waals surface area contributed by atoms with E-state index in [2.05, 4.69) is 33.0 Å². The maximum atomic E-state index is 3.68. The molecule has 1 aliphatic rings. The van der Waals surface area contributed by atoms with Crippen molar-refractivity contribution in [3.8, 4) is 0 Å². The first-order valence-corrected chi connectivity index (χ1v) is 5.73. The van der Waals surface area contributed by atoms with Gasteiger partial charge >= 0.3 is 0 Å². The van der Waals surface area contributed by atoms with Crippen molar-refractivity contribution in [2.24, 2.45) is 11.3 Å². The van der Waals surface area contributed by atoms with Crippen LogP contribution in [0.25, 0.3) is 0 Å². The Morgan fingerprint density at radius 3 is 2.62 bits per heavy atom. The highest BCUT2D eigenvalue weighted by atomic mass is 14.9. The van der Waals surface area contributed by atoms with Crippen LogP contribution >= 0.6 is 0 Å². The van der Waals surface area contributed by atoms with E-state index in [-0.39, 0.29) is 0 Å². The molecule has 1 nitrogen and oxygen atoms in total. The van der Waals surface area contributed by atoms with E-state index in [4.69, 9.17) is 0 Å². The Hall–Kier alpha value is -0.0400. The van der Waals surface area contributed by atoms with Crippen molar-refractivity contribution in [2.75, 3.05) is 6.54 Å². The fourth-order valence-electron chi connectivity index (χ4n) is 2.27. The van der Waals surface area contributed by atoms with Gasteiger partial charge in [0.05, 0.1) is 0 Å². The molecule has 0 heterocycles. The minimum absolute atomic E-state index is 0.576. The van der Waals surface area contributed by atoms with E-state index in [0.717, 1.165) is 12.0 Å². The van der Waals surface area contributed by atoms with Crippen LogP contribution in [0, 0.1) is 11.3 Å². The predicted molar refractivity (Wildman–Crippen MR) is 58.9 cm³/mol. The van der Waals surface area contributed by atoms with Crippen molar-refractivity contribution in [3.63, 3.8) is 0 Å². The third kappa shape index (κ3) is 4.12. The van der Waals surface area contributed by atoms with Crippen LogP contribution in [0.1, 0.15) is 53.4 Å². The van der Waals surface area contributed by atoms with Crippen LogP contribution in [0.3, 0.4) is 0 Å². The van der Waals surface area contributed by atoms with Gasteiger partial charge in [-0.3, -0.25) is 0 Å². The summed E-state index contributed by atoms with van der Waals surface area (Å²) in [7, 11) is 0. The van der Waals surface area contributed by atoms with Gasteiger partial charge in [0.2, 0.25) is 0 Å². The van der Waals surface area contributed by atoms with E-state index in [9.17, 15) is 0 Å². The Morgan fingerprint density at radius 1 is 1.38 bits per heavy atom. The van der Waals surface area contributed by atoms with Crippen molar-refractivity contribution >= 4 is 0 Å². The topological polar surface area (TPSA) is 12.0 Å². The highest BCUT2D eigenvalue weighted by Crippen LogP contribution is 2.34. The fraction of sp³-hybridized carbons (Fsp3) is 1.00. The molecule has 1 fully saturated rings. The molecule has 0 bridgehead atoms. The van der Waals surface area contributed by atoms with E-state index < -0.39 is 0 Å². The summed E-state index contributed by atoms with van der Waals surface area (Å²) in [5.41, 5.74) is 0.576. The molecular weight excluding hydrogens is 158 g/mol. The van der Waals surface area contributed by atoms with Crippen LogP contribution in [0.2, 0.25) is 0 Å². The van der Waals surface area contributed by atoms with Gasteiger partial charge < -0.3 is 5.32 Å². The van der Waals surface area contributed by atoms with Gasteiger partial charge in [-0.15, -0.1) is 0 Å². The molecule has 0 spiro atoms. The first-order valence-electron chi connectivity index (χ1n) is 5.73. The van der Waals surface area contributed by atoms with Crippen LogP contribution in [0.15, 0.2) is 0 Å². The second-order valence-corrected chi connectivity index (χ2v) is 5.76. The van der Waals surface area contributed by atoms with Crippen molar-refractivity contribution in [3.05, 3.63) is 0 Å². The molecule has 13 heavy (non-hydrogen) atoms.